The van der Waals surface area contributed by atoms with E-state index in [4.69, 9.17) is 0 Å². The third-order valence-electron chi connectivity index (χ3n) is 2.70. The van der Waals surface area contributed by atoms with Crippen molar-refractivity contribution < 1.29 is 4.39 Å². The molecule has 1 aromatic carbocycles. The fourth-order valence-electron chi connectivity index (χ4n) is 1.73. The van der Waals surface area contributed by atoms with Gasteiger partial charge in [-0.2, -0.15) is 0 Å². The number of rotatable bonds is 4. The molecule has 0 saturated heterocycles. The van der Waals surface area contributed by atoms with Crippen LogP contribution in [0.5, 0.6) is 0 Å². The standard InChI is InChI=1S/C13H16FN3/c1-3-17-7-6-15-13(17)9-16-12-5-4-10(2)8-11(12)14/h4-8,16H,3,9H2,1-2H3. The highest BCUT2D eigenvalue weighted by molar-refractivity contribution is 5.46. The molecule has 1 N–H and O–H groups in total. The third-order valence-corrected chi connectivity index (χ3v) is 2.70. The summed E-state index contributed by atoms with van der Waals surface area (Å²) in [4.78, 5) is 4.23. The van der Waals surface area contributed by atoms with Gasteiger partial charge in [-0.3, -0.25) is 0 Å². The molecule has 4 heteroatoms. The lowest BCUT2D eigenvalue weighted by atomic mass is 10.2. The Morgan fingerprint density at radius 1 is 1.41 bits per heavy atom. The first-order valence-electron chi connectivity index (χ1n) is 5.70. The number of nitrogens with zero attached hydrogens (tertiary/aromatic N) is 2. The smallest absolute Gasteiger partial charge is 0.146 e. The van der Waals surface area contributed by atoms with E-state index in [0.29, 0.717) is 12.2 Å². The topological polar surface area (TPSA) is 29.9 Å². The van der Waals surface area contributed by atoms with Crippen molar-refractivity contribution in [3.63, 3.8) is 0 Å². The SMILES string of the molecule is CCn1ccnc1CNc1ccc(C)cc1F. The lowest BCUT2D eigenvalue weighted by Gasteiger charge is -2.09. The largest absolute Gasteiger partial charge is 0.375 e. The van der Waals surface area contributed by atoms with Gasteiger partial charge in [0.1, 0.15) is 11.6 Å². The van der Waals surface area contributed by atoms with Gasteiger partial charge in [0.2, 0.25) is 0 Å². The highest BCUT2D eigenvalue weighted by Crippen LogP contribution is 2.15. The number of nitrogens with one attached hydrogen (secondary N) is 1. The molecule has 3 nitrogen and oxygen atoms in total. The molecule has 90 valence electrons. The zero-order valence-electron chi connectivity index (χ0n) is 10.1. The van der Waals surface area contributed by atoms with Crippen molar-refractivity contribution in [3.05, 3.63) is 47.8 Å². The quantitative estimate of drug-likeness (QED) is 0.879. The second-order valence-electron chi connectivity index (χ2n) is 3.97. The van der Waals surface area contributed by atoms with Crippen molar-refractivity contribution in [2.45, 2.75) is 26.9 Å². The van der Waals surface area contributed by atoms with Crippen LogP contribution in [0.2, 0.25) is 0 Å². The van der Waals surface area contributed by atoms with Crippen molar-refractivity contribution in [2.75, 3.05) is 5.32 Å². The van der Waals surface area contributed by atoms with Gasteiger partial charge in [0.15, 0.2) is 0 Å². The summed E-state index contributed by atoms with van der Waals surface area (Å²) in [6.45, 7) is 5.32. The second-order valence-corrected chi connectivity index (χ2v) is 3.97. The van der Waals surface area contributed by atoms with E-state index in [0.717, 1.165) is 17.9 Å². The number of hydrogen-bond acceptors (Lipinski definition) is 2. The van der Waals surface area contributed by atoms with Gasteiger partial charge in [0.25, 0.3) is 0 Å². The minimum Gasteiger partial charge on any atom is -0.375 e. The van der Waals surface area contributed by atoms with E-state index in [1.165, 1.54) is 6.07 Å². The number of benzene rings is 1. The molecule has 1 heterocycles. The van der Waals surface area contributed by atoms with Gasteiger partial charge in [-0.1, -0.05) is 6.07 Å². The summed E-state index contributed by atoms with van der Waals surface area (Å²) in [6, 6.07) is 5.16. The average Bonchev–Trinajstić information content (AvgIpc) is 2.75. The van der Waals surface area contributed by atoms with Crippen molar-refractivity contribution >= 4 is 5.69 Å². The molecule has 0 amide bonds. The zero-order chi connectivity index (χ0) is 12.3. The first-order valence-corrected chi connectivity index (χ1v) is 5.70. The van der Waals surface area contributed by atoms with E-state index in [-0.39, 0.29) is 5.82 Å². The lowest BCUT2D eigenvalue weighted by molar-refractivity contribution is 0.627. The molecule has 0 bridgehead atoms. The van der Waals surface area contributed by atoms with Crippen LogP contribution in [0.4, 0.5) is 10.1 Å². The molecule has 1 aromatic heterocycles. The van der Waals surface area contributed by atoms with Gasteiger partial charge in [-0.25, -0.2) is 9.37 Å². The van der Waals surface area contributed by atoms with Crippen LogP contribution in [0.3, 0.4) is 0 Å². The summed E-state index contributed by atoms with van der Waals surface area (Å²) >= 11 is 0. The number of aryl methyl sites for hydroxylation is 2. The minimum absolute atomic E-state index is 0.223. The fraction of sp³-hybridized carbons (Fsp3) is 0.308. The third kappa shape index (κ3) is 2.64. The molecule has 0 saturated carbocycles. The highest BCUT2D eigenvalue weighted by atomic mass is 19.1. The van der Waals surface area contributed by atoms with Crippen LogP contribution in [-0.2, 0) is 13.1 Å². The Kier molecular flexibility index (Phi) is 3.42. The van der Waals surface area contributed by atoms with E-state index < -0.39 is 0 Å². The number of hydrogen-bond donors (Lipinski definition) is 1. The molecule has 0 aliphatic rings. The highest BCUT2D eigenvalue weighted by Gasteiger charge is 2.04. The van der Waals surface area contributed by atoms with Gasteiger partial charge in [-0.05, 0) is 31.5 Å². The number of imidazole rings is 1. The van der Waals surface area contributed by atoms with E-state index in [1.807, 2.05) is 23.8 Å². The molecule has 0 unspecified atom stereocenters. The first-order chi connectivity index (χ1) is 8.20. The van der Waals surface area contributed by atoms with E-state index in [2.05, 4.69) is 17.2 Å². The zero-order valence-corrected chi connectivity index (χ0v) is 10.1. The molecular weight excluding hydrogens is 217 g/mol. The van der Waals surface area contributed by atoms with Crippen molar-refractivity contribution in [1.29, 1.82) is 0 Å². The van der Waals surface area contributed by atoms with Gasteiger partial charge in [0.05, 0.1) is 12.2 Å². The second kappa shape index (κ2) is 4.99. The summed E-state index contributed by atoms with van der Waals surface area (Å²) in [5.41, 5.74) is 1.43. The molecule has 0 aliphatic heterocycles. The summed E-state index contributed by atoms with van der Waals surface area (Å²) in [5.74, 6) is 0.687. The molecule has 0 radical (unpaired) electrons. The Hall–Kier alpha value is -1.84. The van der Waals surface area contributed by atoms with Crippen molar-refractivity contribution in [1.82, 2.24) is 9.55 Å². The minimum atomic E-state index is -0.223. The van der Waals surface area contributed by atoms with Crippen LogP contribution in [0, 0.1) is 12.7 Å². The maximum absolute atomic E-state index is 13.6. The predicted octanol–water partition coefficient (Wildman–Crippen LogP) is 2.96. The van der Waals surface area contributed by atoms with Crippen LogP contribution < -0.4 is 5.32 Å². The molecule has 2 aromatic rings. The molecule has 0 aliphatic carbocycles. The Morgan fingerprint density at radius 3 is 2.94 bits per heavy atom. The van der Waals surface area contributed by atoms with Crippen molar-refractivity contribution in [3.8, 4) is 0 Å². The number of halogens is 1. The maximum atomic E-state index is 13.6. The molecule has 2 rings (SSSR count). The molecule has 0 spiro atoms. The average molecular weight is 233 g/mol. The van der Waals surface area contributed by atoms with E-state index in [9.17, 15) is 4.39 Å². The van der Waals surface area contributed by atoms with Crippen LogP contribution in [0.15, 0.2) is 30.6 Å². The lowest BCUT2D eigenvalue weighted by Crippen LogP contribution is -2.08. The first kappa shape index (κ1) is 11.6. The number of anilines is 1. The maximum Gasteiger partial charge on any atom is 0.146 e. The van der Waals surface area contributed by atoms with Gasteiger partial charge in [-0.15, -0.1) is 0 Å². The molecule has 0 fully saturated rings. The number of aromatic nitrogens is 2. The van der Waals surface area contributed by atoms with E-state index in [1.54, 1.807) is 12.3 Å². The van der Waals surface area contributed by atoms with Gasteiger partial charge >= 0.3 is 0 Å². The molecular formula is C13H16FN3. The fourth-order valence-corrected chi connectivity index (χ4v) is 1.73. The monoisotopic (exact) mass is 233 g/mol. The van der Waals surface area contributed by atoms with E-state index >= 15 is 0 Å². The Labute approximate surface area is 100 Å². The van der Waals surface area contributed by atoms with Crippen molar-refractivity contribution in [2.24, 2.45) is 0 Å². The molecule has 0 atom stereocenters. The molecule has 17 heavy (non-hydrogen) atoms. The summed E-state index contributed by atoms with van der Waals surface area (Å²) in [5, 5.41) is 3.06. The van der Waals surface area contributed by atoms with Crippen LogP contribution >= 0.6 is 0 Å². The van der Waals surface area contributed by atoms with Crippen LogP contribution in [0.1, 0.15) is 18.3 Å². The Morgan fingerprint density at radius 2 is 2.24 bits per heavy atom. The van der Waals surface area contributed by atoms with Gasteiger partial charge in [0, 0.05) is 18.9 Å². The summed E-state index contributed by atoms with van der Waals surface area (Å²) in [6.07, 6.45) is 3.68. The summed E-state index contributed by atoms with van der Waals surface area (Å²) < 4.78 is 15.6. The van der Waals surface area contributed by atoms with Crippen LogP contribution in [0.25, 0.3) is 0 Å². The normalized spacial score (nSPS) is 10.5. The van der Waals surface area contributed by atoms with Crippen LogP contribution in [-0.4, -0.2) is 9.55 Å². The summed E-state index contributed by atoms with van der Waals surface area (Å²) in [7, 11) is 0. The predicted molar refractivity (Wildman–Crippen MR) is 66.4 cm³/mol. The van der Waals surface area contributed by atoms with Gasteiger partial charge < -0.3 is 9.88 Å². The Balaban J connectivity index is 2.07. The Bertz CT molecular complexity index is 505.